The highest BCUT2D eigenvalue weighted by Crippen LogP contribution is 2.33. The quantitative estimate of drug-likeness (QED) is 0.704. The maximum Gasteiger partial charge on any atom is 0.0797 e. The largest absolute Gasteiger partial charge is 0.388 e. The van der Waals surface area contributed by atoms with E-state index in [1.54, 1.807) is 0 Å². The highest BCUT2D eigenvalue weighted by molar-refractivity contribution is 4.91. The third-order valence-electron chi connectivity index (χ3n) is 4.10. The van der Waals surface area contributed by atoms with Crippen LogP contribution in [0.5, 0.6) is 0 Å². The summed E-state index contributed by atoms with van der Waals surface area (Å²) in [7, 11) is 0. The second-order valence-electron chi connectivity index (χ2n) is 5.09. The lowest BCUT2D eigenvalue weighted by molar-refractivity contribution is -0.00709. The van der Waals surface area contributed by atoms with E-state index in [-0.39, 0.29) is 6.04 Å². The van der Waals surface area contributed by atoms with Gasteiger partial charge in [0.25, 0.3) is 0 Å². The van der Waals surface area contributed by atoms with Crippen LogP contribution in [0.25, 0.3) is 0 Å². The summed E-state index contributed by atoms with van der Waals surface area (Å²) in [4.78, 5) is 0. The average Bonchev–Trinajstić information content (AvgIpc) is 2.41. The molecule has 1 aliphatic rings. The average molecular weight is 213 g/mol. The summed E-state index contributed by atoms with van der Waals surface area (Å²) in [6, 6.07) is 0.234. The van der Waals surface area contributed by atoms with Gasteiger partial charge in [0.15, 0.2) is 0 Å². The molecule has 0 aliphatic heterocycles. The zero-order chi connectivity index (χ0) is 11.3. The van der Waals surface area contributed by atoms with Gasteiger partial charge in [-0.3, -0.25) is 0 Å². The molecular weight excluding hydrogens is 186 g/mol. The van der Waals surface area contributed by atoms with Crippen molar-refractivity contribution in [3.8, 4) is 0 Å². The molecule has 2 nitrogen and oxygen atoms in total. The van der Waals surface area contributed by atoms with Crippen molar-refractivity contribution < 1.29 is 5.11 Å². The standard InChI is InChI=1S/C13H27NO/c1-4-12-7-6-9-13(15,10-8-12)11(3)14-5-2/h11-12,14-15H,4-10H2,1-3H3. The lowest BCUT2D eigenvalue weighted by Gasteiger charge is -2.34. The molecule has 1 saturated carbocycles. The Kier molecular flexibility index (Phi) is 5.07. The maximum absolute atomic E-state index is 10.6. The molecule has 1 rings (SSSR count). The van der Waals surface area contributed by atoms with E-state index in [0.717, 1.165) is 25.3 Å². The van der Waals surface area contributed by atoms with Crippen molar-refractivity contribution in [1.29, 1.82) is 0 Å². The smallest absolute Gasteiger partial charge is 0.0797 e. The van der Waals surface area contributed by atoms with Gasteiger partial charge in [-0.2, -0.15) is 0 Å². The summed E-state index contributed by atoms with van der Waals surface area (Å²) in [5.74, 6) is 0.841. The zero-order valence-electron chi connectivity index (χ0n) is 10.6. The second-order valence-corrected chi connectivity index (χ2v) is 5.09. The molecule has 0 aromatic carbocycles. The molecule has 0 aromatic rings. The first-order valence-corrected chi connectivity index (χ1v) is 6.58. The number of hydrogen-bond acceptors (Lipinski definition) is 2. The zero-order valence-corrected chi connectivity index (χ0v) is 10.6. The summed E-state index contributed by atoms with van der Waals surface area (Å²) >= 11 is 0. The molecule has 90 valence electrons. The predicted octanol–water partition coefficient (Wildman–Crippen LogP) is 2.71. The van der Waals surface area contributed by atoms with Crippen LogP contribution in [0.4, 0.5) is 0 Å². The highest BCUT2D eigenvalue weighted by atomic mass is 16.3. The lowest BCUT2D eigenvalue weighted by atomic mass is 9.86. The normalized spacial score (nSPS) is 34.8. The van der Waals surface area contributed by atoms with Crippen LogP contribution in [0.3, 0.4) is 0 Å². The van der Waals surface area contributed by atoms with Gasteiger partial charge in [0.2, 0.25) is 0 Å². The summed E-state index contributed by atoms with van der Waals surface area (Å²) < 4.78 is 0. The molecule has 0 amide bonds. The van der Waals surface area contributed by atoms with E-state index in [0.29, 0.717) is 0 Å². The molecule has 3 unspecified atom stereocenters. The Bertz CT molecular complexity index is 183. The molecule has 3 atom stereocenters. The summed E-state index contributed by atoms with van der Waals surface area (Å²) in [6.07, 6.45) is 6.90. The van der Waals surface area contributed by atoms with Crippen LogP contribution in [0.15, 0.2) is 0 Å². The first-order valence-electron chi connectivity index (χ1n) is 6.58. The fourth-order valence-electron chi connectivity index (χ4n) is 2.76. The van der Waals surface area contributed by atoms with E-state index < -0.39 is 5.60 Å². The van der Waals surface area contributed by atoms with Crippen molar-refractivity contribution in [3.63, 3.8) is 0 Å². The molecule has 2 heteroatoms. The minimum absolute atomic E-state index is 0.234. The molecule has 0 radical (unpaired) electrons. The van der Waals surface area contributed by atoms with Crippen molar-refractivity contribution in [2.45, 2.75) is 70.9 Å². The predicted molar refractivity (Wildman–Crippen MR) is 65.0 cm³/mol. The van der Waals surface area contributed by atoms with Crippen molar-refractivity contribution in [1.82, 2.24) is 5.32 Å². The number of hydrogen-bond donors (Lipinski definition) is 2. The molecule has 2 N–H and O–H groups in total. The Labute approximate surface area is 94.5 Å². The molecule has 15 heavy (non-hydrogen) atoms. The first kappa shape index (κ1) is 13.0. The van der Waals surface area contributed by atoms with E-state index in [1.165, 1.54) is 25.7 Å². The Morgan fingerprint density at radius 2 is 2.07 bits per heavy atom. The van der Waals surface area contributed by atoms with Crippen LogP contribution in [0, 0.1) is 5.92 Å². The van der Waals surface area contributed by atoms with Crippen LogP contribution in [0.1, 0.15) is 59.3 Å². The van der Waals surface area contributed by atoms with Gasteiger partial charge >= 0.3 is 0 Å². The number of rotatable bonds is 4. The molecule has 0 aromatic heterocycles. The third-order valence-corrected chi connectivity index (χ3v) is 4.10. The fraction of sp³-hybridized carbons (Fsp3) is 1.00. The number of aliphatic hydroxyl groups is 1. The molecule has 0 heterocycles. The minimum Gasteiger partial charge on any atom is -0.388 e. The van der Waals surface area contributed by atoms with Crippen molar-refractivity contribution in [3.05, 3.63) is 0 Å². The molecule has 0 spiro atoms. The number of likely N-dealkylation sites (N-methyl/N-ethyl adjacent to an activating group) is 1. The summed E-state index contributed by atoms with van der Waals surface area (Å²) in [5, 5.41) is 14.0. The fourth-order valence-corrected chi connectivity index (χ4v) is 2.76. The van der Waals surface area contributed by atoms with Crippen LogP contribution in [0.2, 0.25) is 0 Å². The first-order chi connectivity index (χ1) is 7.12. The van der Waals surface area contributed by atoms with Crippen LogP contribution in [-0.4, -0.2) is 23.3 Å². The van der Waals surface area contributed by atoms with Crippen LogP contribution in [-0.2, 0) is 0 Å². The van der Waals surface area contributed by atoms with Gasteiger partial charge in [-0.15, -0.1) is 0 Å². The van der Waals surface area contributed by atoms with E-state index in [1.807, 2.05) is 0 Å². The Morgan fingerprint density at radius 1 is 1.33 bits per heavy atom. The van der Waals surface area contributed by atoms with Gasteiger partial charge in [0, 0.05) is 6.04 Å². The summed E-state index contributed by atoms with van der Waals surface area (Å²) in [5.41, 5.74) is -0.458. The Hall–Kier alpha value is -0.0800. The van der Waals surface area contributed by atoms with E-state index in [2.05, 4.69) is 26.1 Å². The van der Waals surface area contributed by atoms with Gasteiger partial charge in [-0.05, 0) is 38.6 Å². The van der Waals surface area contributed by atoms with E-state index in [9.17, 15) is 5.11 Å². The monoisotopic (exact) mass is 213 g/mol. The van der Waals surface area contributed by atoms with Crippen LogP contribution >= 0.6 is 0 Å². The highest BCUT2D eigenvalue weighted by Gasteiger charge is 2.35. The third kappa shape index (κ3) is 3.46. The van der Waals surface area contributed by atoms with Gasteiger partial charge in [-0.1, -0.05) is 33.1 Å². The van der Waals surface area contributed by atoms with Crippen molar-refractivity contribution in [2.75, 3.05) is 6.54 Å². The van der Waals surface area contributed by atoms with E-state index in [4.69, 9.17) is 0 Å². The maximum atomic E-state index is 10.6. The summed E-state index contributed by atoms with van der Waals surface area (Å²) in [6.45, 7) is 7.44. The van der Waals surface area contributed by atoms with Gasteiger partial charge in [-0.25, -0.2) is 0 Å². The topological polar surface area (TPSA) is 32.3 Å². The molecule has 0 bridgehead atoms. The van der Waals surface area contributed by atoms with E-state index >= 15 is 0 Å². The lowest BCUT2D eigenvalue weighted by Crippen LogP contribution is -2.48. The molecule has 1 fully saturated rings. The Balaban J connectivity index is 2.53. The Morgan fingerprint density at radius 3 is 2.67 bits per heavy atom. The van der Waals surface area contributed by atoms with Crippen LogP contribution < -0.4 is 5.32 Å². The van der Waals surface area contributed by atoms with Crippen molar-refractivity contribution >= 4 is 0 Å². The van der Waals surface area contributed by atoms with Crippen molar-refractivity contribution in [2.24, 2.45) is 5.92 Å². The van der Waals surface area contributed by atoms with Gasteiger partial charge in [0.1, 0.15) is 0 Å². The van der Waals surface area contributed by atoms with Gasteiger partial charge < -0.3 is 10.4 Å². The molecule has 1 aliphatic carbocycles. The molecular formula is C13H27NO. The number of nitrogens with one attached hydrogen (secondary N) is 1. The second kappa shape index (κ2) is 5.86. The van der Waals surface area contributed by atoms with Gasteiger partial charge in [0.05, 0.1) is 5.60 Å². The molecule has 0 saturated heterocycles. The minimum atomic E-state index is -0.458. The SMILES string of the molecule is CCNC(C)C1(O)CCCC(CC)CC1.